The molecule has 1 aliphatic rings. The molecule has 2 N–H and O–H groups in total. The van der Waals surface area contributed by atoms with Crippen LogP contribution in [-0.4, -0.2) is 29.4 Å². The Kier molecular flexibility index (Phi) is 5.45. The van der Waals surface area contributed by atoms with Gasteiger partial charge in [0.2, 0.25) is 11.7 Å². The van der Waals surface area contributed by atoms with E-state index in [2.05, 4.69) is 25.2 Å². The van der Waals surface area contributed by atoms with Gasteiger partial charge in [-0.05, 0) is 62.2 Å². The number of aryl methyl sites for hydroxylation is 1. The molecular weight excluding hydrogens is 474 g/mol. The highest BCUT2D eigenvalue weighted by Gasteiger charge is 2.44. The fraction of sp³-hybridized carbons (Fsp3) is 0.217. The van der Waals surface area contributed by atoms with Crippen molar-refractivity contribution in [3.05, 3.63) is 58.9 Å². The van der Waals surface area contributed by atoms with Crippen LogP contribution < -0.4 is 10.0 Å². The van der Waals surface area contributed by atoms with E-state index < -0.39 is 10.0 Å². The first kappa shape index (κ1) is 22.2. The summed E-state index contributed by atoms with van der Waals surface area (Å²) in [6.07, 6.45) is 1.72. The van der Waals surface area contributed by atoms with E-state index >= 15 is 0 Å². The van der Waals surface area contributed by atoms with E-state index in [0.717, 1.165) is 17.8 Å². The van der Waals surface area contributed by atoms with Crippen molar-refractivity contribution in [2.24, 2.45) is 5.41 Å². The number of aromatic nitrogens is 3. The molecule has 4 aromatic rings. The Morgan fingerprint density at radius 3 is 2.50 bits per heavy atom. The molecule has 34 heavy (non-hydrogen) atoms. The van der Waals surface area contributed by atoms with Crippen LogP contribution in [0.3, 0.4) is 0 Å². The van der Waals surface area contributed by atoms with Gasteiger partial charge in [-0.1, -0.05) is 18.1 Å². The minimum Gasteiger partial charge on any atom is -0.332 e. The fourth-order valence-electron chi connectivity index (χ4n) is 3.26. The van der Waals surface area contributed by atoms with Gasteiger partial charge in [-0.15, -0.1) is 11.3 Å². The smallest absolute Gasteiger partial charge is 0.277 e. The summed E-state index contributed by atoms with van der Waals surface area (Å²) < 4.78 is 33.6. The van der Waals surface area contributed by atoms with Gasteiger partial charge in [0.1, 0.15) is 5.69 Å². The topological polar surface area (TPSA) is 127 Å². The van der Waals surface area contributed by atoms with Gasteiger partial charge in [0, 0.05) is 22.0 Å². The summed E-state index contributed by atoms with van der Waals surface area (Å²) in [4.78, 5) is 21.0. The summed E-state index contributed by atoms with van der Waals surface area (Å²) in [6, 6.07) is 12.8. The Balaban J connectivity index is 1.30. The highest BCUT2D eigenvalue weighted by atomic mass is 32.2. The molecule has 1 amide bonds. The SMILES string of the molecule is Cc1nc(-c2nc(-c3ccc(S(=O)(=O)Nc4cccc(NC(=O)C5(C)CC5)c4)cc3)no2)cs1. The van der Waals surface area contributed by atoms with Crippen molar-refractivity contribution in [1.29, 1.82) is 0 Å². The zero-order valence-electron chi connectivity index (χ0n) is 18.4. The van der Waals surface area contributed by atoms with Crippen molar-refractivity contribution in [2.45, 2.75) is 31.6 Å². The number of carbonyl (C=O) groups is 1. The van der Waals surface area contributed by atoms with E-state index in [4.69, 9.17) is 4.52 Å². The molecule has 0 spiro atoms. The molecule has 5 rings (SSSR count). The maximum Gasteiger partial charge on any atom is 0.277 e. The number of hydrogen-bond acceptors (Lipinski definition) is 8. The lowest BCUT2D eigenvalue weighted by Gasteiger charge is -2.12. The lowest BCUT2D eigenvalue weighted by atomic mass is 10.1. The van der Waals surface area contributed by atoms with Gasteiger partial charge in [0.25, 0.3) is 15.9 Å². The zero-order chi connectivity index (χ0) is 23.9. The van der Waals surface area contributed by atoms with Crippen LogP contribution in [0.5, 0.6) is 0 Å². The molecule has 1 fully saturated rings. The number of nitrogens with zero attached hydrogens (tertiary/aromatic N) is 3. The maximum atomic E-state index is 12.9. The number of hydrogen-bond donors (Lipinski definition) is 2. The van der Waals surface area contributed by atoms with Crippen LogP contribution in [0.1, 0.15) is 24.8 Å². The molecule has 1 aliphatic carbocycles. The number of thiazole rings is 1. The third-order valence-corrected chi connectivity index (χ3v) is 7.78. The van der Waals surface area contributed by atoms with E-state index in [0.29, 0.717) is 34.3 Å². The number of nitrogens with one attached hydrogen (secondary N) is 2. The predicted molar refractivity (Wildman–Crippen MR) is 129 cm³/mol. The summed E-state index contributed by atoms with van der Waals surface area (Å²) in [5, 5.41) is 9.54. The molecule has 2 aromatic carbocycles. The zero-order valence-corrected chi connectivity index (χ0v) is 20.0. The van der Waals surface area contributed by atoms with Gasteiger partial charge in [-0.25, -0.2) is 13.4 Å². The highest BCUT2D eigenvalue weighted by Crippen LogP contribution is 2.45. The third-order valence-electron chi connectivity index (χ3n) is 5.61. The summed E-state index contributed by atoms with van der Waals surface area (Å²) in [5.74, 6) is 0.586. The first-order valence-electron chi connectivity index (χ1n) is 10.5. The second kappa shape index (κ2) is 8.33. The molecule has 11 heteroatoms. The molecule has 0 saturated heterocycles. The van der Waals surface area contributed by atoms with Crippen molar-refractivity contribution in [1.82, 2.24) is 15.1 Å². The molecule has 2 heterocycles. The number of rotatable bonds is 7. The minimum absolute atomic E-state index is 0.0577. The number of amides is 1. The number of sulfonamides is 1. The second-order valence-corrected chi connectivity index (χ2v) is 11.1. The molecule has 0 atom stereocenters. The number of benzene rings is 2. The van der Waals surface area contributed by atoms with Crippen LogP contribution in [0.4, 0.5) is 11.4 Å². The van der Waals surface area contributed by atoms with Gasteiger partial charge in [-0.2, -0.15) is 4.98 Å². The first-order valence-corrected chi connectivity index (χ1v) is 12.9. The van der Waals surface area contributed by atoms with E-state index in [9.17, 15) is 13.2 Å². The van der Waals surface area contributed by atoms with E-state index in [1.807, 2.05) is 19.2 Å². The van der Waals surface area contributed by atoms with Crippen molar-refractivity contribution in [2.75, 3.05) is 10.0 Å². The van der Waals surface area contributed by atoms with Crippen molar-refractivity contribution >= 4 is 38.6 Å². The Morgan fingerprint density at radius 2 is 1.82 bits per heavy atom. The molecular formula is C23H21N5O4S2. The van der Waals surface area contributed by atoms with Crippen molar-refractivity contribution in [3.63, 3.8) is 0 Å². The van der Waals surface area contributed by atoms with Crippen LogP contribution in [-0.2, 0) is 14.8 Å². The largest absolute Gasteiger partial charge is 0.332 e. The lowest BCUT2D eigenvalue weighted by Crippen LogP contribution is -2.21. The van der Waals surface area contributed by atoms with Crippen LogP contribution in [0.25, 0.3) is 23.0 Å². The standard InChI is InChI=1S/C23H21N5O4S2/c1-14-24-19(13-33-14)21-26-20(27-32-21)15-6-8-18(9-7-15)34(30,31)28-17-5-3-4-16(12-17)25-22(29)23(2)10-11-23/h3-9,12-13,28H,10-11H2,1-2H3,(H,25,29). The fourth-order valence-corrected chi connectivity index (χ4v) is 4.90. The Hall–Kier alpha value is -3.57. The summed E-state index contributed by atoms with van der Waals surface area (Å²) in [7, 11) is -3.84. The number of carbonyl (C=O) groups excluding carboxylic acids is 1. The summed E-state index contributed by atoms with van der Waals surface area (Å²) >= 11 is 1.48. The molecule has 174 valence electrons. The average molecular weight is 496 g/mol. The van der Waals surface area contributed by atoms with Gasteiger partial charge in [-0.3, -0.25) is 9.52 Å². The van der Waals surface area contributed by atoms with Crippen LogP contribution in [0.15, 0.2) is 63.3 Å². The van der Waals surface area contributed by atoms with Crippen LogP contribution >= 0.6 is 11.3 Å². The third kappa shape index (κ3) is 4.57. The van der Waals surface area contributed by atoms with Gasteiger partial charge >= 0.3 is 0 Å². The summed E-state index contributed by atoms with van der Waals surface area (Å²) in [6.45, 7) is 3.80. The van der Waals surface area contributed by atoms with Crippen LogP contribution in [0, 0.1) is 12.3 Å². The average Bonchev–Trinajstić information content (AvgIpc) is 3.19. The van der Waals surface area contributed by atoms with E-state index in [-0.39, 0.29) is 16.2 Å². The molecule has 0 unspecified atom stereocenters. The van der Waals surface area contributed by atoms with E-state index in [1.54, 1.807) is 36.4 Å². The molecule has 0 radical (unpaired) electrons. The summed E-state index contributed by atoms with van der Waals surface area (Å²) in [5.41, 5.74) is 1.78. The monoisotopic (exact) mass is 495 g/mol. The second-order valence-electron chi connectivity index (χ2n) is 8.40. The van der Waals surface area contributed by atoms with E-state index in [1.165, 1.54) is 23.5 Å². The van der Waals surface area contributed by atoms with Gasteiger partial charge in [0.05, 0.1) is 15.6 Å². The number of anilines is 2. The first-order chi connectivity index (χ1) is 16.2. The molecule has 0 bridgehead atoms. The predicted octanol–water partition coefficient (Wildman–Crippen LogP) is 4.71. The molecule has 2 aromatic heterocycles. The highest BCUT2D eigenvalue weighted by molar-refractivity contribution is 7.92. The van der Waals surface area contributed by atoms with Gasteiger partial charge < -0.3 is 9.84 Å². The molecule has 1 saturated carbocycles. The Labute approximate surface area is 200 Å². The molecule has 9 nitrogen and oxygen atoms in total. The maximum absolute atomic E-state index is 12.9. The minimum atomic E-state index is -3.84. The Bertz CT molecular complexity index is 1470. The van der Waals surface area contributed by atoms with Crippen molar-refractivity contribution < 1.29 is 17.7 Å². The molecule has 0 aliphatic heterocycles. The van der Waals surface area contributed by atoms with Crippen LogP contribution in [0.2, 0.25) is 0 Å². The van der Waals surface area contributed by atoms with Crippen molar-refractivity contribution in [3.8, 4) is 23.0 Å². The lowest BCUT2D eigenvalue weighted by molar-refractivity contribution is -0.120. The Morgan fingerprint density at radius 1 is 1.09 bits per heavy atom. The quantitative estimate of drug-likeness (QED) is 0.380. The normalized spacial score (nSPS) is 14.5. The van der Waals surface area contributed by atoms with Gasteiger partial charge in [0.15, 0.2) is 0 Å².